The minimum atomic E-state index is -0.101. The standard InChI is InChI=1S/C16H27N5O2/c1-19(12-14-11-18-20(2)13-14)16(23)17-8-6-10-21-9-5-3-4-7-15(21)22/h11,13H,3-10,12H2,1-2H3,(H,17,23). The zero-order chi connectivity index (χ0) is 16.7. The number of amides is 3. The maximum atomic E-state index is 12.0. The number of hydrogen-bond acceptors (Lipinski definition) is 3. The molecular weight excluding hydrogens is 294 g/mol. The highest BCUT2D eigenvalue weighted by Gasteiger charge is 2.16. The highest BCUT2D eigenvalue weighted by molar-refractivity contribution is 5.76. The molecule has 1 aromatic heterocycles. The second-order valence-corrected chi connectivity index (χ2v) is 6.16. The topological polar surface area (TPSA) is 70.5 Å². The molecule has 1 N–H and O–H groups in total. The molecule has 3 amide bonds. The van der Waals surface area contributed by atoms with Crippen molar-refractivity contribution in [2.75, 3.05) is 26.7 Å². The smallest absolute Gasteiger partial charge is 0.317 e. The molecule has 128 valence electrons. The van der Waals surface area contributed by atoms with E-state index in [1.54, 1.807) is 22.8 Å². The van der Waals surface area contributed by atoms with E-state index in [-0.39, 0.29) is 11.9 Å². The Labute approximate surface area is 137 Å². The monoisotopic (exact) mass is 321 g/mol. The van der Waals surface area contributed by atoms with Gasteiger partial charge in [0.1, 0.15) is 0 Å². The fraction of sp³-hybridized carbons (Fsp3) is 0.688. The molecule has 1 saturated heterocycles. The van der Waals surface area contributed by atoms with Gasteiger partial charge < -0.3 is 15.1 Å². The Hall–Kier alpha value is -2.05. The lowest BCUT2D eigenvalue weighted by molar-refractivity contribution is -0.130. The minimum Gasteiger partial charge on any atom is -0.343 e. The van der Waals surface area contributed by atoms with Crippen LogP contribution in [0, 0.1) is 0 Å². The summed E-state index contributed by atoms with van der Waals surface area (Å²) in [6.45, 7) is 2.70. The van der Waals surface area contributed by atoms with Crippen molar-refractivity contribution < 1.29 is 9.59 Å². The van der Waals surface area contributed by atoms with Crippen molar-refractivity contribution in [3.05, 3.63) is 18.0 Å². The van der Waals surface area contributed by atoms with Gasteiger partial charge in [-0.05, 0) is 19.3 Å². The van der Waals surface area contributed by atoms with E-state index in [2.05, 4.69) is 10.4 Å². The summed E-state index contributed by atoms with van der Waals surface area (Å²) in [5, 5.41) is 6.99. The summed E-state index contributed by atoms with van der Waals surface area (Å²) in [4.78, 5) is 27.5. The number of likely N-dealkylation sites (tertiary alicyclic amines) is 1. The van der Waals surface area contributed by atoms with Gasteiger partial charge in [-0.2, -0.15) is 5.10 Å². The Morgan fingerprint density at radius 3 is 2.96 bits per heavy atom. The normalized spacial score (nSPS) is 15.4. The molecule has 0 aromatic carbocycles. The Kier molecular flexibility index (Phi) is 6.43. The number of aromatic nitrogens is 2. The van der Waals surface area contributed by atoms with Gasteiger partial charge in [0.15, 0.2) is 0 Å². The third kappa shape index (κ3) is 5.58. The van der Waals surface area contributed by atoms with Crippen LogP contribution < -0.4 is 5.32 Å². The molecule has 23 heavy (non-hydrogen) atoms. The van der Waals surface area contributed by atoms with Crippen LogP contribution in [0.4, 0.5) is 4.79 Å². The highest BCUT2D eigenvalue weighted by atomic mass is 16.2. The lowest BCUT2D eigenvalue weighted by Gasteiger charge is -2.21. The molecule has 1 aliphatic rings. The summed E-state index contributed by atoms with van der Waals surface area (Å²) in [6, 6.07) is -0.101. The van der Waals surface area contributed by atoms with Crippen molar-refractivity contribution in [3.8, 4) is 0 Å². The fourth-order valence-electron chi connectivity index (χ4n) is 2.77. The van der Waals surface area contributed by atoms with Crippen LogP contribution in [-0.4, -0.2) is 58.2 Å². The summed E-state index contributed by atoms with van der Waals surface area (Å²) in [5.74, 6) is 0.252. The molecule has 0 aliphatic carbocycles. The number of hydrogen-bond donors (Lipinski definition) is 1. The largest absolute Gasteiger partial charge is 0.343 e. The quantitative estimate of drug-likeness (QED) is 0.804. The van der Waals surface area contributed by atoms with Crippen molar-refractivity contribution in [2.24, 2.45) is 7.05 Å². The lowest BCUT2D eigenvalue weighted by atomic mass is 10.2. The van der Waals surface area contributed by atoms with Gasteiger partial charge in [-0.3, -0.25) is 9.48 Å². The molecule has 7 heteroatoms. The summed E-state index contributed by atoms with van der Waals surface area (Å²) in [7, 11) is 3.62. The first kappa shape index (κ1) is 17.3. The minimum absolute atomic E-state index is 0.101. The molecule has 1 fully saturated rings. The fourth-order valence-corrected chi connectivity index (χ4v) is 2.77. The number of aryl methyl sites for hydroxylation is 1. The molecule has 0 saturated carbocycles. The molecule has 0 spiro atoms. The van der Waals surface area contributed by atoms with Gasteiger partial charge in [0, 0.05) is 51.9 Å². The van der Waals surface area contributed by atoms with E-state index >= 15 is 0 Å². The predicted molar refractivity (Wildman–Crippen MR) is 87.7 cm³/mol. The van der Waals surface area contributed by atoms with Crippen LogP contribution in [0.15, 0.2) is 12.4 Å². The first-order valence-corrected chi connectivity index (χ1v) is 8.30. The molecule has 0 unspecified atom stereocenters. The number of rotatable bonds is 6. The van der Waals surface area contributed by atoms with Crippen LogP contribution in [0.3, 0.4) is 0 Å². The molecule has 1 aromatic rings. The second kappa shape index (κ2) is 8.55. The van der Waals surface area contributed by atoms with Crippen molar-refractivity contribution in [1.29, 1.82) is 0 Å². The van der Waals surface area contributed by atoms with E-state index in [4.69, 9.17) is 0 Å². The molecule has 2 heterocycles. The van der Waals surface area contributed by atoms with Crippen molar-refractivity contribution >= 4 is 11.9 Å². The molecular formula is C16H27N5O2. The third-order valence-corrected chi connectivity index (χ3v) is 4.08. The number of urea groups is 1. The maximum Gasteiger partial charge on any atom is 0.317 e. The van der Waals surface area contributed by atoms with Gasteiger partial charge in [-0.15, -0.1) is 0 Å². The summed E-state index contributed by atoms with van der Waals surface area (Å²) < 4.78 is 1.72. The van der Waals surface area contributed by atoms with E-state index < -0.39 is 0 Å². The Balaban J connectivity index is 1.64. The zero-order valence-electron chi connectivity index (χ0n) is 14.1. The Morgan fingerprint density at radius 2 is 2.22 bits per heavy atom. The third-order valence-electron chi connectivity index (χ3n) is 4.08. The van der Waals surface area contributed by atoms with Crippen LogP contribution >= 0.6 is 0 Å². The molecule has 0 radical (unpaired) electrons. The van der Waals surface area contributed by atoms with E-state index in [1.165, 1.54) is 0 Å². The van der Waals surface area contributed by atoms with Crippen LogP contribution in [0.5, 0.6) is 0 Å². The summed E-state index contributed by atoms with van der Waals surface area (Å²) >= 11 is 0. The molecule has 7 nitrogen and oxygen atoms in total. The summed E-state index contributed by atoms with van der Waals surface area (Å²) in [6.07, 6.45) is 8.34. The lowest BCUT2D eigenvalue weighted by Crippen LogP contribution is -2.39. The Morgan fingerprint density at radius 1 is 1.39 bits per heavy atom. The van der Waals surface area contributed by atoms with Crippen LogP contribution in [0.1, 0.15) is 37.7 Å². The predicted octanol–water partition coefficient (Wildman–Crippen LogP) is 1.35. The van der Waals surface area contributed by atoms with Crippen LogP contribution in [-0.2, 0) is 18.4 Å². The van der Waals surface area contributed by atoms with Gasteiger partial charge >= 0.3 is 6.03 Å². The highest BCUT2D eigenvalue weighted by Crippen LogP contribution is 2.11. The second-order valence-electron chi connectivity index (χ2n) is 6.16. The SMILES string of the molecule is CN(Cc1cnn(C)c1)C(=O)NCCCN1CCCCCC1=O. The van der Waals surface area contributed by atoms with Gasteiger partial charge in [-0.1, -0.05) is 6.42 Å². The van der Waals surface area contributed by atoms with Gasteiger partial charge in [0.2, 0.25) is 5.91 Å². The summed E-state index contributed by atoms with van der Waals surface area (Å²) in [5.41, 5.74) is 1.00. The van der Waals surface area contributed by atoms with Crippen molar-refractivity contribution in [2.45, 2.75) is 38.6 Å². The average molecular weight is 321 g/mol. The number of carbonyl (C=O) groups excluding carboxylic acids is 2. The van der Waals surface area contributed by atoms with Crippen LogP contribution in [0.25, 0.3) is 0 Å². The van der Waals surface area contributed by atoms with E-state index in [1.807, 2.05) is 18.1 Å². The van der Waals surface area contributed by atoms with Gasteiger partial charge in [0.25, 0.3) is 0 Å². The van der Waals surface area contributed by atoms with Crippen LogP contribution in [0.2, 0.25) is 0 Å². The average Bonchev–Trinajstić information content (AvgIpc) is 2.81. The Bertz CT molecular complexity index is 528. The zero-order valence-corrected chi connectivity index (χ0v) is 14.1. The number of nitrogens with one attached hydrogen (secondary N) is 1. The maximum absolute atomic E-state index is 12.0. The van der Waals surface area contributed by atoms with Gasteiger partial charge in [-0.25, -0.2) is 4.79 Å². The molecule has 0 atom stereocenters. The van der Waals surface area contributed by atoms with Crippen molar-refractivity contribution in [1.82, 2.24) is 24.9 Å². The molecule has 0 bridgehead atoms. The van der Waals surface area contributed by atoms with E-state index in [0.717, 1.165) is 44.3 Å². The molecule has 1 aliphatic heterocycles. The first-order valence-electron chi connectivity index (χ1n) is 8.30. The number of carbonyl (C=O) groups is 2. The van der Waals surface area contributed by atoms with Gasteiger partial charge in [0.05, 0.1) is 12.7 Å². The first-order chi connectivity index (χ1) is 11.1. The molecule has 2 rings (SSSR count). The van der Waals surface area contributed by atoms with E-state index in [9.17, 15) is 9.59 Å². The van der Waals surface area contributed by atoms with E-state index in [0.29, 0.717) is 19.5 Å². The number of nitrogens with zero attached hydrogens (tertiary/aromatic N) is 4. The van der Waals surface area contributed by atoms with Crippen molar-refractivity contribution in [3.63, 3.8) is 0 Å².